The van der Waals surface area contributed by atoms with Gasteiger partial charge in [0.05, 0.1) is 19.7 Å². The van der Waals surface area contributed by atoms with E-state index in [0.29, 0.717) is 6.04 Å². The maximum Gasteiger partial charge on any atom is 0.156 e. The topological polar surface area (TPSA) is 55.6 Å². The van der Waals surface area contributed by atoms with Gasteiger partial charge in [-0.1, -0.05) is 0 Å². The lowest BCUT2D eigenvalue weighted by Crippen LogP contribution is -2.52. The second-order valence-electron chi connectivity index (χ2n) is 8.02. The van der Waals surface area contributed by atoms with Crippen LogP contribution in [0.2, 0.25) is 0 Å². The average molecular weight is 418 g/mol. The van der Waals surface area contributed by atoms with Gasteiger partial charge in [0, 0.05) is 43.8 Å². The number of anilines is 2. The summed E-state index contributed by atoms with van der Waals surface area (Å²) >= 11 is 0. The van der Waals surface area contributed by atoms with Crippen molar-refractivity contribution in [2.45, 2.75) is 13.0 Å². The zero-order chi connectivity index (χ0) is 21.5. The predicted molar refractivity (Wildman–Crippen MR) is 125 cm³/mol. The van der Waals surface area contributed by atoms with E-state index in [4.69, 9.17) is 14.5 Å². The van der Waals surface area contributed by atoms with Crippen LogP contribution in [0.25, 0.3) is 21.9 Å². The molecule has 3 heterocycles. The van der Waals surface area contributed by atoms with E-state index in [0.717, 1.165) is 58.9 Å². The quantitative estimate of drug-likeness (QED) is 0.503. The molecule has 0 N–H and O–H groups in total. The molecule has 0 amide bonds. The average Bonchev–Trinajstić information content (AvgIpc) is 3.10. The van der Waals surface area contributed by atoms with Crippen LogP contribution in [0.4, 0.5) is 11.5 Å². The molecule has 0 spiro atoms. The zero-order valence-corrected chi connectivity index (χ0v) is 18.4. The lowest BCUT2D eigenvalue weighted by Gasteiger charge is -2.42. The number of rotatable bonds is 4. The summed E-state index contributed by atoms with van der Waals surface area (Å²) in [7, 11) is 5.47. The van der Waals surface area contributed by atoms with Crippen LogP contribution in [0.15, 0.2) is 48.8 Å². The molecule has 4 aromatic rings. The number of benzene rings is 2. The van der Waals surface area contributed by atoms with E-state index in [1.165, 1.54) is 5.69 Å². The van der Waals surface area contributed by atoms with E-state index < -0.39 is 0 Å². The van der Waals surface area contributed by atoms with E-state index >= 15 is 0 Å². The minimum absolute atomic E-state index is 0.349. The van der Waals surface area contributed by atoms with E-state index in [9.17, 15) is 0 Å². The number of hydrogen-bond donors (Lipinski definition) is 0. The number of methoxy groups -OCH3 is 2. The molecule has 31 heavy (non-hydrogen) atoms. The number of nitrogens with zero attached hydrogens (tertiary/aromatic N) is 5. The van der Waals surface area contributed by atoms with Crippen molar-refractivity contribution >= 4 is 33.4 Å². The highest BCUT2D eigenvalue weighted by atomic mass is 16.5. The first-order valence-electron chi connectivity index (χ1n) is 10.5. The van der Waals surface area contributed by atoms with Crippen molar-refractivity contribution in [3.05, 3.63) is 48.8 Å². The monoisotopic (exact) mass is 417 g/mol. The van der Waals surface area contributed by atoms with Gasteiger partial charge in [0.1, 0.15) is 28.9 Å². The highest BCUT2D eigenvalue weighted by molar-refractivity contribution is 6.09. The van der Waals surface area contributed by atoms with Crippen LogP contribution in [0.3, 0.4) is 0 Å². The van der Waals surface area contributed by atoms with Crippen LogP contribution < -0.4 is 19.3 Å². The zero-order valence-electron chi connectivity index (χ0n) is 18.4. The summed E-state index contributed by atoms with van der Waals surface area (Å²) in [5, 5.41) is 1.09. The van der Waals surface area contributed by atoms with Gasteiger partial charge in [-0.25, -0.2) is 9.97 Å². The molecule has 0 saturated carbocycles. The van der Waals surface area contributed by atoms with Crippen molar-refractivity contribution in [3.8, 4) is 11.5 Å². The Kier molecular flexibility index (Phi) is 4.81. The molecule has 1 atom stereocenters. The molecule has 0 bridgehead atoms. The van der Waals surface area contributed by atoms with Crippen LogP contribution in [-0.4, -0.2) is 54.4 Å². The van der Waals surface area contributed by atoms with Gasteiger partial charge >= 0.3 is 0 Å². The lowest BCUT2D eigenvalue weighted by atomic mass is 10.1. The number of fused-ring (bicyclic) bond motifs is 3. The van der Waals surface area contributed by atoms with Crippen molar-refractivity contribution in [3.63, 3.8) is 0 Å². The first kappa shape index (κ1) is 19.5. The highest BCUT2D eigenvalue weighted by Crippen LogP contribution is 2.35. The van der Waals surface area contributed by atoms with Crippen molar-refractivity contribution in [1.29, 1.82) is 0 Å². The maximum absolute atomic E-state index is 5.43. The summed E-state index contributed by atoms with van der Waals surface area (Å²) in [4.78, 5) is 14.2. The molecular formula is C24H27N5O2. The molecule has 1 saturated heterocycles. The molecule has 1 fully saturated rings. The van der Waals surface area contributed by atoms with Gasteiger partial charge in [-0.05, 0) is 49.4 Å². The molecule has 0 unspecified atom stereocenters. The minimum atomic E-state index is 0.349. The Morgan fingerprint density at radius 3 is 2.39 bits per heavy atom. The third-order valence-corrected chi connectivity index (χ3v) is 6.29. The largest absolute Gasteiger partial charge is 0.497 e. The molecule has 1 aliphatic heterocycles. The van der Waals surface area contributed by atoms with Crippen LogP contribution >= 0.6 is 0 Å². The third kappa shape index (κ3) is 3.21. The van der Waals surface area contributed by atoms with Gasteiger partial charge in [-0.2, -0.15) is 0 Å². The molecule has 7 nitrogen and oxygen atoms in total. The number of piperazine rings is 1. The van der Waals surface area contributed by atoms with Gasteiger partial charge < -0.3 is 23.8 Å². The van der Waals surface area contributed by atoms with Crippen molar-refractivity contribution in [2.75, 3.05) is 43.7 Å². The molecule has 1 aliphatic rings. The first-order valence-corrected chi connectivity index (χ1v) is 10.5. The van der Waals surface area contributed by atoms with Gasteiger partial charge in [0.25, 0.3) is 0 Å². The molecule has 7 heteroatoms. The van der Waals surface area contributed by atoms with Crippen molar-refractivity contribution in [1.82, 2.24) is 14.5 Å². The standard InChI is InChI=1S/C24H27N5O2/c1-16-14-28(11-12-29(16)17-5-7-18(30-3)8-6-17)24-23-22(25-15-26-24)20-13-19(31-4)9-10-21(20)27(23)2/h5-10,13,15-16H,11-12,14H2,1-4H3/t16-/m1/s1. The van der Waals surface area contributed by atoms with E-state index in [1.807, 2.05) is 18.2 Å². The molecular weight excluding hydrogens is 390 g/mol. The summed E-state index contributed by atoms with van der Waals surface area (Å²) in [6.45, 7) is 4.98. The van der Waals surface area contributed by atoms with E-state index in [2.05, 4.69) is 57.6 Å². The van der Waals surface area contributed by atoms with Gasteiger partial charge in [-0.15, -0.1) is 0 Å². The normalized spacial score (nSPS) is 16.8. The summed E-state index contributed by atoms with van der Waals surface area (Å²) in [5.74, 6) is 2.71. The Bertz CT molecular complexity index is 1230. The number of aryl methyl sites for hydroxylation is 1. The SMILES string of the molecule is COc1ccc(N2CCN(c3ncnc4c5cc(OC)ccc5n(C)c34)C[C@H]2C)cc1. The second-order valence-corrected chi connectivity index (χ2v) is 8.02. The second kappa shape index (κ2) is 7.65. The number of aromatic nitrogens is 3. The van der Waals surface area contributed by atoms with Crippen LogP contribution in [0.5, 0.6) is 11.5 Å². The Balaban J connectivity index is 1.49. The Labute approximate surface area is 181 Å². The van der Waals surface area contributed by atoms with Gasteiger partial charge in [0.15, 0.2) is 5.82 Å². The Morgan fingerprint density at radius 1 is 0.935 bits per heavy atom. The molecule has 5 rings (SSSR count). The van der Waals surface area contributed by atoms with Crippen LogP contribution in [0, 0.1) is 0 Å². The Hall–Kier alpha value is -3.48. The molecule has 2 aromatic heterocycles. The summed E-state index contributed by atoms with van der Waals surface area (Å²) in [6, 6.07) is 14.8. The van der Waals surface area contributed by atoms with Gasteiger partial charge in [-0.3, -0.25) is 0 Å². The summed E-state index contributed by atoms with van der Waals surface area (Å²) in [6.07, 6.45) is 1.68. The lowest BCUT2D eigenvalue weighted by molar-refractivity contribution is 0.414. The molecule has 2 aromatic carbocycles. The Morgan fingerprint density at radius 2 is 1.68 bits per heavy atom. The fourth-order valence-electron chi connectivity index (χ4n) is 4.66. The van der Waals surface area contributed by atoms with E-state index in [1.54, 1.807) is 20.5 Å². The highest BCUT2D eigenvalue weighted by Gasteiger charge is 2.27. The van der Waals surface area contributed by atoms with Crippen molar-refractivity contribution < 1.29 is 9.47 Å². The summed E-state index contributed by atoms with van der Waals surface area (Å²) < 4.78 is 12.9. The molecule has 0 aliphatic carbocycles. The first-order chi connectivity index (χ1) is 15.1. The van der Waals surface area contributed by atoms with Gasteiger partial charge in [0.2, 0.25) is 0 Å². The minimum Gasteiger partial charge on any atom is -0.497 e. The van der Waals surface area contributed by atoms with Crippen LogP contribution in [-0.2, 0) is 7.05 Å². The number of hydrogen-bond acceptors (Lipinski definition) is 6. The fourth-order valence-corrected chi connectivity index (χ4v) is 4.66. The number of ether oxygens (including phenoxy) is 2. The fraction of sp³-hybridized carbons (Fsp3) is 0.333. The molecule has 160 valence electrons. The third-order valence-electron chi connectivity index (χ3n) is 6.29. The summed E-state index contributed by atoms with van der Waals surface area (Å²) in [5.41, 5.74) is 4.38. The predicted octanol–water partition coefficient (Wildman–Crippen LogP) is 3.85. The maximum atomic E-state index is 5.43. The van der Waals surface area contributed by atoms with Crippen molar-refractivity contribution in [2.24, 2.45) is 7.05 Å². The van der Waals surface area contributed by atoms with E-state index in [-0.39, 0.29) is 0 Å². The van der Waals surface area contributed by atoms with Crippen LogP contribution in [0.1, 0.15) is 6.92 Å². The smallest absolute Gasteiger partial charge is 0.156 e. The molecule has 0 radical (unpaired) electrons.